The van der Waals surface area contributed by atoms with Crippen molar-refractivity contribution in [3.63, 3.8) is 0 Å². The van der Waals surface area contributed by atoms with Crippen LogP contribution < -0.4 is 15.4 Å². The molecule has 1 rings (SSSR count). The number of benzene rings is 1. The molecule has 0 radical (unpaired) electrons. The predicted octanol–water partition coefficient (Wildman–Crippen LogP) is 2.67. The molecule has 1 amide bonds. The van der Waals surface area contributed by atoms with Crippen molar-refractivity contribution in [3.05, 3.63) is 23.2 Å². The van der Waals surface area contributed by atoms with E-state index >= 15 is 0 Å². The van der Waals surface area contributed by atoms with Crippen molar-refractivity contribution in [1.82, 2.24) is 5.32 Å². The maximum Gasteiger partial charge on any atom is 0.221 e. The first-order chi connectivity index (χ1) is 10.4. The van der Waals surface area contributed by atoms with Crippen molar-refractivity contribution in [2.45, 2.75) is 32.8 Å². The third-order valence-electron chi connectivity index (χ3n) is 3.36. The number of carbonyl (C=O) groups excluding carboxylic acids is 1. The van der Waals surface area contributed by atoms with Gasteiger partial charge in [0.15, 0.2) is 0 Å². The number of carbonyl (C=O) groups is 1. The molecular formula is C16H25ClN2O3. The Morgan fingerprint density at radius 1 is 1.36 bits per heavy atom. The SMILES string of the molecule is COc1ccc(Cl)cc1NCCC(=O)NCCC(O)C(C)C. The monoisotopic (exact) mass is 328 g/mol. The van der Waals surface area contributed by atoms with Crippen LogP contribution in [0.3, 0.4) is 0 Å². The van der Waals surface area contributed by atoms with Crippen LogP contribution in [0.2, 0.25) is 5.02 Å². The van der Waals surface area contributed by atoms with Crippen LogP contribution in [0.15, 0.2) is 18.2 Å². The molecule has 0 heterocycles. The zero-order valence-electron chi connectivity index (χ0n) is 13.4. The van der Waals surface area contributed by atoms with E-state index in [0.717, 1.165) is 5.69 Å². The lowest BCUT2D eigenvalue weighted by Crippen LogP contribution is -2.29. The Kier molecular flexibility index (Phi) is 8.06. The second-order valence-corrected chi connectivity index (χ2v) is 5.91. The minimum absolute atomic E-state index is 0.0514. The van der Waals surface area contributed by atoms with Crippen LogP contribution >= 0.6 is 11.6 Å². The number of amides is 1. The number of anilines is 1. The number of rotatable bonds is 9. The van der Waals surface area contributed by atoms with Gasteiger partial charge in [0.05, 0.1) is 18.9 Å². The van der Waals surface area contributed by atoms with Crippen LogP contribution in [0, 0.1) is 5.92 Å². The summed E-state index contributed by atoms with van der Waals surface area (Å²) in [7, 11) is 1.58. The number of nitrogens with one attached hydrogen (secondary N) is 2. The van der Waals surface area contributed by atoms with Crippen molar-refractivity contribution in [2.75, 3.05) is 25.5 Å². The minimum atomic E-state index is -0.380. The summed E-state index contributed by atoms with van der Waals surface area (Å²) in [5, 5.41) is 16.2. The molecule has 124 valence electrons. The zero-order valence-corrected chi connectivity index (χ0v) is 14.1. The zero-order chi connectivity index (χ0) is 16.5. The van der Waals surface area contributed by atoms with E-state index in [-0.39, 0.29) is 17.9 Å². The van der Waals surface area contributed by atoms with Gasteiger partial charge in [-0.05, 0) is 30.5 Å². The molecule has 0 aliphatic heterocycles. The van der Waals surface area contributed by atoms with E-state index in [0.29, 0.717) is 36.7 Å². The van der Waals surface area contributed by atoms with E-state index in [4.69, 9.17) is 16.3 Å². The molecule has 1 unspecified atom stereocenters. The van der Waals surface area contributed by atoms with Gasteiger partial charge in [-0.3, -0.25) is 4.79 Å². The highest BCUT2D eigenvalue weighted by atomic mass is 35.5. The molecule has 0 bridgehead atoms. The Balaban J connectivity index is 2.29. The van der Waals surface area contributed by atoms with Gasteiger partial charge < -0.3 is 20.5 Å². The fourth-order valence-electron chi connectivity index (χ4n) is 1.91. The summed E-state index contributed by atoms with van der Waals surface area (Å²) in [5.74, 6) is 0.836. The number of halogens is 1. The van der Waals surface area contributed by atoms with Crippen molar-refractivity contribution in [2.24, 2.45) is 5.92 Å². The van der Waals surface area contributed by atoms with E-state index in [1.807, 2.05) is 13.8 Å². The first-order valence-corrected chi connectivity index (χ1v) is 7.84. The fourth-order valence-corrected chi connectivity index (χ4v) is 2.08. The van der Waals surface area contributed by atoms with E-state index in [1.165, 1.54) is 0 Å². The van der Waals surface area contributed by atoms with Crippen LogP contribution in [0.25, 0.3) is 0 Å². The van der Waals surface area contributed by atoms with Gasteiger partial charge >= 0.3 is 0 Å². The summed E-state index contributed by atoms with van der Waals surface area (Å²) in [6.45, 7) is 4.87. The molecule has 0 aliphatic rings. The van der Waals surface area contributed by atoms with Gasteiger partial charge in [-0.2, -0.15) is 0 Å². The van der Waals surface area contributed by atoms with Crippen LogP contribution in [-0.4, -0.2) is 37.3 Å². The molecular weight excluding hydrogens is 304 g/mol. The van der Waals surface area contributed by atoms with Crippen LogP contribution in [-0.2, 0) is 4.79 Å². The Bertz CT molecular complexity index is 480. The van der Waals surface area contributed by atoms with Crippen molar-refractivity contribution >= 4 is 23.2 Å². The first kappa shape index (κ1) is 18.6. The number of methoxy groups -OCH3 is 1. The molecule has 0 saturated carbocycles. The molecule has 0 aliphatic carbocycles. The predicted molar refractivity (Wildman–Crippen MR) is 89.6 cm³/mol. The normalized spacial score (nSPS) is 12.1. The summed E-state index contributed by atoms with van der Waals surface area (Å²) in [4.78, 5) is 11.7. The quantitative estimate of drug-likeness (QED) is 0.652. The molecule has 1 atom stereocenters. The van der Waals surface area contributed by atoms with Gasteiger partial charge in [0.25, 0.3) is 0 Å². The Labute approximate surface area is 137 Å². The standard InChI is InChI=1S/C16H25ClN2O3/c1-11(2)14(20)6-8-19-16(21)7-9-18-13-10-12(17)4-5-15(13)22-3/h4-5,10-11,14,18,20H,6-9H2,1-3H3,(H,19,21). The average molecular weight is 329 g/mol. The molecule has 0 spiro atoms. The highest BCUT2D eigenvalue weighted by Gasteiger charge is 2.09. The van der Waals surface area contributed by atoms with Crippen molar-refractivity contribution in [1.29, 1.82) is 0 Å². The number of aliphatic hydroxyl groups excluding tert-OH is 1. The maximum atomic E-state index is 11.7. The second kappa shape index (κ2) is 9.54. The van der Waals surface area contributed by atoms with Gasteiger partial charge in [0, 0.05) is 24.5 Å². The lowest BCUT2D eigenvalue weighted by Gasteiger charge is -2.15. The van der Waals surface area contributed by atoms with E-state index in [1.54, 1.807) is 25.3 Å². The topological polar surface area (TPSA) is 70.6 Å². The molecule has 3 N–H and O–H groups in total. The average Bonchev–Trinajstić information content (AvgIpc) is 2.47. The van der Waals surface area contributed by atoms with E-state index < -0.39 is 0 Å². The lowest BCUT2D eigenvalue weighted by molar-refractivity contribution is -0.120. The molecule has 0 fully saturated rings. The van der Waals surface area contributed by atoms with Crippen LogP contribution in [0.5, 0.6) is 5.75 Å². The van der Waals surface area contributed by atoms with Crippen molar-refractivity contribution in [3.8, 4) is 5.75 Å². The second-order valence-electron chi connectivity index (χ2n) is 5.47. The van der Waals surface area contributed by atoms with Gasteiger partial charge in [-0.1, -0.05) is 25.4 Å². The van der Waals surface area contributed by atoms with Gasteiger partial charge in [0.1, 0.15) is 5.75 Å². The van der Waals surface area contributed by atoms with E-state index in [2.05, 4.69) is 10.6 Å². The maximum absolute atomic E-state index is 11.7. The fraction of sp³-hybridized carbons (Fsp3) is 0.562. The molecule has 1 aromatic rings. The minimum Gasteiger partial charge on any atom is -0.495 e. The lowest BCUT2D eigenvalue weighted by atomic mass is 10.0. The Morgan fingerprint density at radius 2 is 2.09 bits per heavy atom. The van der Waals surface area contributed by atoms with Gasteiger partial charge in [-0.15, -0.1) is 0 Å². The summed E-state index contributed by atoms with van der Waals surface area (Å²) < 4.78 is 5.22. The van der Waals surface area contributed by atoms with Crippen LogP contribution in [0.4, 0.5) is 5.69 Å². The number of ether oxygens (including phenoxy) is 1. The molecule has 5 nitrogen and oxygen atoms in total. The number of hydrogen-bond acceptors (Lipinski definition) is 4. The van der Waals surface area contributed by atoms with Gasteiger partial charge in [-0.25, -0.2) is 0 Å². The summed E-state index contributed by atoms with van der Waals surface area (Å²) >= 11 is 5.94. The number of aliphatic hydroxyl groups is 1. The third kappa shape index (κ3) is 6.54. The highest BCUT2D eigenvalue weighted by Crippen LogP contribution is 2.27. The first-order valence-electron chi connectivity index (χ1n) is 7.46. The Hall–Kier alpha value is -1.46. The molecule has 1 aromatic carbocycles. The Morgan fingerprint density at radius 3 is 2.73 bits per heavy atom. The molecule has 0 saturated heterocycles. The highest BCUT2D eigenvalue weighted by molar-refractivity contribution is 6.30. The van der Waals surface area contributed by atoms with Crippen LogP contribution in [0.1, 0.15) is 26.7 Å². The van der Waals surface area contributed by atoms with Crippen molar-refractivity contribution < 1.29 is 14.6 Å². The molecule has 0 aromatic heterocycles. The summed E-state index contributed by atoms with van der Waals surface area (Å²) in [6.07, 6.45) is 0.529. The molecule has 22 heavy (non-hydrogen) atoms. The molecule has 6 heteroatoms. The third-order valence-corrected chi connectivity index (χ3v) is 3.60. The number of hydrogen-bond donors (Lipinski definition) is 3. The summed E-state index contributed by atoms with van der Waals surface area (Å²) in [6, 6.07) is 5.29. The largest absolute Gasteiger partial charge is 0.495 e. The summed E-state index contributed by atoms with van der Waals surface area (Å²) in [5.41, 5.74) is 0.762. The smallest absolute Gasteiger partial charge is 0.221 e. The van der Waals surface area contributed by atoms with Gasteiger partial charge in [0.2, 0.25) is 5.91 Å². The van der Waals surface area contributed by atoms with E-state index in [9.17, 15) is 9.90 Å².